The molecule has 2 N–H and O–H groups in total. The van der Waals surface area contributed by atoms with Crippen LogP contribution in [0.5, 0.6) is 0 Å². The number of allylic oxidation sites excluding steroid dienone is 11. The minimum absolute atomic E-state index is 0.323. The number of aliphatic imine (C=N–C) groups is 1. The maximum absolute atomic E-state index is 9.23. The zero-order valence-corrected chi connectivity index (χ0v) is 36.6. The van der Waals surface area contributed by atoms with Crippen molar-refractivity contribution >= 4 is 51.7 Å². The van der Waals surface area contributed by atoms with Crippen molar-refractivity contribution in [1.82, 2.24) is 14.5 Å². The van der Waals surface area contributed by atoms with E-state index < -0.39 is 0 Å². The summed E-state index contributed by atoms with van der Waals surface area (Å²) in [5.74, 6) is 1.32. The Hall–Kier alpha value is -6.98. The molecule has 0 saturated carbocycles. The Morgan fingerprint density at radius 2 is 1.60 bits per heavy atom. The predicted octanol–water partition coefficient (Wildman–Crippen LogP) is 13.6. The van der Waals surface area contributed by atoms with Gasteiger partial charge < -0.3 is 19.9 Å². The van der Waals surface area contributed by atoms with Crippen LogP contribution in [0.2, 0.25) is 0 Å². The Labute approximate surface area is 371 Å². The number of para-hydroxylation sites is 3. The first kappa shape index (κ1) is 40.1. The molecular formula is C58H55N5. The Bertz CT molecular complexity index is 3020. The molecule has 4 aliphatic rings. The molecule has 312 valence electrons. The fraction of sp³-hybridized carbons (Fsp3) is 0.207. The largest absolute Gasteiger partial charge is 0.380 e. The summed E-state index contributed by atoms with van der Waals surface area (Å²) in [6.07, 6.45) is 31.2. The van der Waals surface area contributed by atoms with Gasteiger partial charge in [-0.2, -0.15) is 0 Å². The topological polar surface area (TPSA) is 58.1 Å². The molecule has 63 heavy (non-hydrogen) atoms. The lowest BCUT2D eigenvalue weighted by atomic mass is 9.81. The van der Waals surface area contributed by atoms with Gasteiger partial charge in [-0.15, -0.1) is 0 Å². The van der Waals surface area contributed by atoms with Gasteiger partial charge in [0.1, 0.15) is 0 Å². The highest BCUT2D eigenvalue weighted by atomic mass is 15.0. The zero-order chi connectivity index (χ0) is 42.9. The molecule has 0 bridgehead atoms. The molecule has 2 unspecified atom stereocenters. The van der Waals surface area contributed by atoms with Crippen LogP contribution in [-0.4, -0.2) is 27.7 Å². The first-order chi connectivity index (χ1) is 30.9. The van der Waals surface area contributed by atoms with Crippen molar-refractivity contribution in [2.75, 3.05) is 6.54 Å². The molecular weight excluding hydrogens is 767 g/mol. The third-order valence-electron chi connectivity index (χ3n) is 13.1. The minimum atomic E-state index is 0.323. The van der Waals surface area contributed by atoms with Crippen LogP contribution >= 0.6 is 0 Å². The van der Waals surface area contributed by atoms with E-state index in [9.17, 15) is 5.41 Å². The fourth-order valence-corrected chi connectivity index (χ4v) is 9.83. The number of hydrogen-bond donors (Lipinski definition) is 2. The van der Waals surface area contributed by atoms with Crippen molar-refractivity contribution in [3.63, 3.8) is 0 Å². The average molecular weight is 822 g/mol. The number of benzene rings is 4. The van der Waals surface area contributed by atoms with E-state index in [1.165, 1.54) is 61.2 Å². The summed E-state index contributed by atoms with van der Waals surface area (Å²) in [5.41, 5.74) is 17.8. The molecule has 3 heterocycles. The lowest BCUT2D eigenvalue weighted by Crippen LogP contribution is -2.20. The maximum Gasteiger partial charge on any atom is 0.0999 e. The van der Waals surface area contributed by atoms with E-state index in [0.29, 0.717) is 29.9 Å². The Morgan fingerprint density at radius 1 is 0.825 bits per heavy atom. The van der Waals surface area contributed by atoms with Gasteiger partial charge in [0.2, 0.25) is 0 Å². The molecule has 5 nitrogen and oxygen atoms in total. The standard InChI is InChI=1S/C58H55N5/c1-39(2)13-11-16-47(36-53(59)41-23-25-42(26-24-41)54-30-27-46(37-60-54)43-15-12-14-40(3)33-43)61-38-62-55-21-9-7-19-49(55)51-34-44(28-31-56(51)62)45-29-32-58-52(35-45)50-20-8-10-22-57(50)63(58)48-17-5-4-6-18-48/h4-28,30-31,35,38-40,44,59-60H,29,32-34,36-37H2,1-3H3/b13-11-,47-16+,59-53?,61-38?. The summed E-state index contributed by atoms with van der Waals surface area (Å²) < 4.78 is 4.72. The molecule has 6 aromatic rings. The van der Waals surface area contributed by atoms with Crippen molar-refractivity contribution in [3.05, 3.63) is 214 Å². The van der Waals surface area contributed by atoms with E-state index in [2.05, 4.69) is 205 Å². The van der Waals surface area contributed by atoms with E-state index in [1.54, 1.807) is 0 Å². The van der Waals surface area contributed by atoms with Gasteiger partial charge in [0, 0.05) is 63.7 Å². The number of nitrogens with zero attached hydrogens (tertiary/aromatic N) is 3. The molecule has 0 fully saturated rings. The second-order valence-electron chi connectivity index (χ2n) is 17.8. The van der Waals surface area contributed by atoms with Crippen LogP contribution in [0, 0.1) is 23.2 Å². The molecule has 1 aliphatic heterocycles. The Morgan fingerprint density at radius 3 is 2.38 bits per heavy atom. The number of dihydropyridines is 1. The van der Waals surface area contributed by atoms with Gasteiger partial charge in [-0.3, -0.25) is 0 Å². The van der Waals surface area contributed by atoms with Gasteiger partial charge in [0.25, 0.3) is 0 Å². The number of rotatable bonds is 11. The third kappa shape index (κ3) is 8.12. The first-order valence-corrected chi connectivity index (χ1v) is 22.7. The fourth-order valence-electron chi connectivity index (χ4n) is 9.83. The smallest absolute Gasteiger partial charge is 0.0999 e. The van der Waals surface area contributed by atoms with Crippen molar-refractivity contribution in [2.45, 2.75) is 52.9 Å². The van der Waals surface area contributed by atoms with Gasteiger partial charge in [-0.1, -0.05) is 154 Å². The van der Waals surface area contributed by atoms with Crippen molar-refractivity contribution < 1.29 is 0 Å². The second-order valence-corrected chi connectivity index (χ2v) is 17.8. The highest BCUT2D eigenvalue weighted by molar-refractivity contribution is 6.00. The molecule has 4 aromatic carbocycles. The van der Waals surface area contributed by atoms with Gasteiger partial charge in [-0.25, -0.2) is 4.99 Å². The number of aromatic nitrogens is 2. The van der Waals surface area contributed by atoms with Crippen LogP contribution in [0.4, 0.5) is 0 Å². The van der Waals surface area contributed by atoms with Crippen molar-refractivity contribution in [3.8, 4) is 5.69 Å². The molecule has 2 aromatic heterocycles. The Balaban J connectivity index is 0.900. The summed E-state index contributed by atoms with van der Waals surface area (Å²) in [7, 11) is 0. The lowest BCUT2D eigenvalue weighted by Gasteiger charge is -2.25. The molecule has 5 heteroatoms. The van der Waals surface area contributed by atoms with Crippen molar-refractivity contribution in [1.29, 1.82) is 5.41 Å². The van der Waals surface area contributed by atoms with Crippen molar-refractivity contribution in [2.24, 2.45) is 22.7 Å². The van der Waals surface area contributed by atoms with E-state index >= 15 is 0 Å². The summed E-state index contributed by atoms with van der Waals surface area (Å²) in [4.78, 5) is 5.14. The third-order valence-corrected chi connectivity index (χ3v) is 13.1. The predicted molar refractivity (Wildman–Crippen MR) is 267 cm³/mol. The molecule has 10 rings (SSSR count). The molecule has 3 aliphatic carbocycles. The number of nitrogens with one attached hydrogen (secondary N) is 2. The molecule has 0 radical (unpaired) electrons. The average Bonchev–Trinajstić information content (AvgIpc) is 3.82. The molecule has 0 amide bonds. The SMILES string of the molecule is CC(C)/C=C\C=C(/CC(=N)c1ccc(C2=CC=C(C3=CC=CC(C)C3)CN2)cc1)N=Cn1c2c(c3ccccc31)CC(C1=Cc3c(n(-c4ccccc4)c4ccccc34)CC1)C=C2. The monoisotopic (exact) mass is 821 g/mol. The summed E-state index contributed by atoms with van der Waals surface area (Å²) in [5, 5.41) is 15.5. The van der Waals surface area contributed by atoms with Gasteiger partial charge >= 0.3 is 0 Å². The van der Waals surface area contributed by atoms with Crippen LogP contribution in [0.3, 0.4) is 0 Å². The normalized spacial score (nSPS) is 18.7. The van der Waals surface area contributed by atoms with E-state index in [1.807, 2.05) is 6.34 Å². The van der Waals surface area contributed by atoms with E-state index in [-0.39, 0.29) is 0 Å². The first-order valence-electron chi connectivity index (χ1n) is 22.7. The van der Waals surface area contributed by atoms with Crippen LogP contribution < -0.4 is 5.32 Å². The number of fused-ring (bicyclic) bond motifs is 6. The second kappa shape index (κ2) is 17.4. The van der Waals surface area contributed by atoms with E-state index in [4.69, 9.17) is 4.99 Å². The molecule has 0 spiro atoms. The Kier molecular flexibility index (Phi) is 11.1. The quantitative estimate of drug-likeness (QED) is 0.0763. The molecule has 2 atom stereocenters. The highest BCUT2D eigenvalue weighted by Gasteiger charge is 2.28. The van der Waals surface area contributed by atoms with E-state index in [0.717, 1.165) is 60.3 Å². The summed E-state index contributed by atoms with van der Waals surface area (Å²) >= 11 is 0. The zero-order valence-electron chi connectivity index (χ0n) is 36.6. The van der Waals surface area contributed by atoms with Crippen LogP contribution in [0.25, 0.3) is 45.3 Å². The van der Waals surface area contributed by atoms with Gasteiger partial charge in [-0.05, 0) is 108 Å². The summed E-state index contributed by atoms with van der Waals surface area (Å²) in [6.45, 7) is 7.45. The van der Waals surface area contributed by atoms with Gasteiger partial charge in [0.05, 0.1) is 23.1 Å². The maximum atomic E-state index is 9.23. The van der Waals surface area contributed by atoms with Crippen LogP contribution in [0.1, 0.15) is 73.7 Å². The minimum Gasteiger partial charge on any atom is -0.380 e. The highest BCUT2D eigenvalue weighted by Crippen LogP contribution is 2.41. The van der Waals surface area contributed by atoms with Gasteiger partial charge in [0.15, 0.2) is 0 Å². The van der Waals surface area contributed by atoms with Crippen LogP contribution in [-0.2, 0) is 12.8 Å². The number of hydrogen-bond acceptors (Lipinski definition) is 3. The molecule has 0 saturated heterocycles. The summed E-state index contributed by atoms with van der Waals surface area (Å²) in [6, 6.07) is 36.8. The van der Waals surface area contributed by atoms with Crippen LogP contribution in [0.15, 0.2) is 185 Å². The lowest BCUT2D eigenvalue weighted by molar-refractivity contribution is 0.690.